The van der Waals surface area contributed by atoms with Gasteiger partial charge in [-0.15, -0.1) is 0 Å². The third-order valence-corrected chi connectivity index (χ3v) is 3.55. The second-order valence-corrected chi connectivity index (χ2v) is 5.65. The topological polar surface area (TPSA) is 84.0 Å². The Hall–Kier alpha value is -1.34. The Morgan fingerprint density at radius 2 is 1.96 bits per heavy atom. The molecule has 0 aromatic rings. The molecule has 0 bridgehead atoms. The molecule has 0 aliphatic carbocycles. The van der Waals surface area contributed by atoms with Gasteiger partial charge >= 0.3 is 0 Å². The van der Waals surface area contributed by atoms with Gasteiger partial charge in [-0.2, -0.15) is 0 Å². The number of nitrogens with one attached hydrogen (secondary N) is 3. The van der Waals surface area contributed by atoms with Gasteiger partial charge in [-0.3, -0.25) is 9.79 Å². The highest BCUT2D eigenvalue weighted by atomic mass is 16.5. The zero-order valence-corrected chi connectivity index (χ0v) is 14.5. The highest BCUT2D eigenvalue weighted by Crippen LogP contribution is 2.14. The molecular weight excluding hydrogens is 296 g/mol. The van der Waals surface area contributed by atoms with Crippen molar-refractivity contribution in [1.29, 1.82) is 0 Å². The van der Waals surface area contributed by atoms with Crippen molar-refractivity contribution in [3.05, 3.63) is 0 Å². The number of guanidine groups is 1. The molecule has 1 fully saturated rings. The normalized spacial score (nSPS) is 16.2. The molecule has 0 saturated carbocycles. The van der Waals surface area contributed by atoms with Crippen LogP contribution in [0.5, 0.6) is 0 Å². The van der Waals surface area contributed by atoms with Crippen LogP contribution >= 0.6 is 0 Å². The minimum Gasteiger partial charge on any atom is -0.381 e. The summed E-state index contributed by atoms with van der Waals surface area (Å²) in [4.78, 5) is 15.3. The molecule has 1 aliphatic heterocycles. The number of rotatable bonds is 10. The molecule has 1 aliphatic rings. The van der Waals surface area contributed by atoms with Crippen molar-refractivity contribution in [3.8, 4) is 0 Å². The lowest BCUT2D eigenvalue weighted by Crippen LogP contribution is -2.41. The predicted molar refractivity (Wildman–Crippen MR) is 91.6 cm³/mol. The predicted octanol–water partition coefficient (Wildman–Crippen LogP) is 0.511. The second kappa shape index (κ2) is 13.1. The third kappa shape index (κ3) is 10.9. The summed E-state index contributed by atoms with van der Waals surface area (Å²) in [5.74, 6) is 1.41. The maximum Gasteiger partial charge on any atom is 0.216 e. The maximum atomic E-state index is 10.8. The number of carbonyl (C=O) groups is 1. The first-order valence-electron chi connectivity index (χ1n) is 8.64. The van der Waals surface area contributed by atoms with Gasteiger partial charge in [0.05, 0.1) is 0 Å². The quantitative estimate of drug-likeness (QED) is 0.309. The summed E-state index contributed by atoms with van der Waals surface area (Å²) in [5.41, 5.74) is 0. The summed E-state index contributed by atoms with van der Waals surface area (Å²) in [6.45, 7) is 9.65. The number of hydrogen-bond acceptors (Lipinski definition) is 4. The van der Waals surface area contributed by atoms with Crippen LogP contribution in [-0.2, 0) is 14.3 Å². The highest BCUT2D eigenvalue weighted by molar-refractivity contribution is 5.79. The van der Waals surface area contributed by atoms with Crippen molar-refractivity contribution in [2.75, 3.05) is 52.6 Å². The summed E-state index contributed by atoms with van der Waals surface area (Å²) < 4.78 is 11.1. The van der Waals surface area contributed by atoms with Crippen molar-refractivity contribution in [2.45, 2.75) is 33.1 Å². The SMILES string of the molecule is CCNC(=NCCCOCC1CCOCC1)NCCNC(C)=O. The molecule has 134 valence electrons. The van der Waals surface area contributed by atoms with Gasteiger partial charge in [0.15, 0.2) is 5.96 Å². The average Bonchev–Trinajstić information content (AvgIpc) is 2.55. The number of hydrogen-bond donors (Lipinski definition) is 3. The third-order valence-electron chi connectivity index (χ3n) is 3.55. The minimum atomic E-state index is -0.0181. The standard InChI is InChI=1S/C16H32N4O3/c1-3-17-16(20-9-8-18-14(2)21)19-7-4-10-23-13-15-5-11-22-12-6-15/h15H,3-13H2,1-2H3,(H,18,21)(H2,17,19,20). The molecule has 0 aromatic carbocycles. The van der Waals surface area contributed by atoms with Crippen molar-refractivity contribution >= 4 is 11.9 Å². The summed E-state index contributed by atoms with van der Waals surface area (Å²) in [7, 11) is 0. The summed E-state index contributed by atoms with van der Waals surface area (Å²) >= 11 is 0. The van der Waals surface area contributed by atoms with E-state index in [9.17, 15) is 4.79 Å². The van der Waals surface area contributed by atoms with E-state index in [1.165, 1.54) is 6.92 Å². The molecule has 1 heterocycles. The molecule has 7 heteroatoms. The molecule has 0 radical (unpaired) electrons. The monoisotopic (exact) mass is 328 g/mol. The van der Waals surface area contributed by atoms with Crippen LogP contribution in [0.1, 0.15) is 33.1 Å². The first-order chi connectivity index (χ1) is 11.2. The first kappa shape index (κ1) is 19.7. The number of nitrogens with zero attached hydrogens (tertiary/aromatic N) is 1. The van der Waals surface area contributed by atoms with Gasteiger partial charge < -0.3 is 25.4 Å². The summed E-state index contributed by atoms with van der Waals surface area (Å²) in [6, 6.07) is 0. The molecule has 3 N–H and O–H groups in total. The largest absolute Gasteiger partial charge is 0.381 e. The molecule has 0 spiro atoms. The van der Waals surface area contributed by atoms with Crippen LogP contribution in [0.2, 0.25) is 0 Å². The minimum absolute atomic E-state index is 0.0181. The van der Waals surface area contributed by atoms with Crippen molar-refractivity contribution in [3.63, 3.8) is 0 Å². The van der Waals surface area contributed by atoms with E-state index >= 15 is 0 Å². The van der Waals surface area contributed by atoms with E-state index in [4.69, 9.17) is 9.47 Å². The molecule has 1 saturated heterocycles. The van der Waals surface area contributed by atoms with Crippen molar-refractivity contribution in [1.82, 2.24) is 16.0 Å². The smallest absolute Gasteiger partial charge is 0.216 e. The Bertz CT molecular complexity index is 344. The Balaban J connectivity index is 2.06. The fraction of sp³-hybridized carbons (Fsp3) is 0.875. The van der Waals surface area contributed by atoms with E-state index in [1.54, 1.807) is 0 Å². The van der Waals surface area contributed by atoms with Crippen molar-refractivity contribution in [2.24, 2.45) is 10.9 Å². The molecule has 23 heavy (non-hydrogen) atoms. The van der Waals surface area contributed by atoms with Crippen LogP contribution in [0.15, 0.2) is 4.99 Å². The summed E-state index contributed by atoms with van der Waals surface area (Å²) in [5, 5.41) is 9.12. The molecule has 1 amide bonds. The molecule has 0 aromatic heterocycles. The van der Waals surface area contributed by atoms with Crippen molar-refractivity contribution < 1.29 is 14.3 Å². The second-order valence-electron chi connectivity index (χ2n) is 5.65. The molecule has 0 unspecified atom stereocenters. The van der Waals surface area contributed by atoms with Gasteiger partial charge in [0.1, 0.15) is 0 Å². The van der Waals surface area contributed by atoms with Crippen LogP contribution in [0.25, 0.3) is 0 Å². The number of amides is 1. The van der Waals surface area contributed by atoms with Gasteiger partial charge in [-0.25, -0.2) is 0 Å². The number of carbonyl (C=O) groups excluding carboxylic acids is 1. The van der Waals surface area contributed by atoms with Gasteiger partial charge in [0.25, 0.3) is 0 Å². The van der Waals surface area contributed by atoms with Crippen LogP contribution in [0.3, 0.4) is 0 Å². The zero-order chi connectivity index (χ0) is 16.8. The lowest BCUT2D eigenvalue weighted by Gasteiger charge is -2.21. The number of aliphatic imine (C=N–C) groups is 1. The van der Waals surface area contributed by atoms with Crippen LogP contribution in [0, 0.1) is 5.92 Å². The van der Waals surface area contributed by atoms with E-state index < -0.39 is 0 Å². The van der Waals surface area contributed by atoms with E-state index in [1.807, 2.05) is 6.92 Å². The van der Waals surface area contributed by atoms with Crippen LogP contribution in [-0.4, -0.2) is 64.5 Å². The molecular formula is C16H32N4O3. The summed E-state index contributed by atoms with van der Waals surface area (Å²) in [6.07, 6.45) is 3.13. The van der Waals surface area contributed by atoms with Gasteiger partial charge in [-0.05, 0) is 32.1 Å². The van der Waals surface area contributed by atoms with E-state index in [2.05, 4.69) is 20.9 Å². The van der Waals surface area contributed by atoms with E-state index in [-0.39, 0.29) is 5.91 Å². The maximum absolute atomic E-state index is 10.8. The fourth-order valence-electron chi connectivity index (χ4n) is 2.28. The Kier molecular flexibility index (Phi) is 11.3. The van der Waals surface area contributed by atoms with E-state index in [0.29, 0.717) is 19.0 Å². The van der Waals surface area contributed by atoms with E-state index in [0.717, 1.165) is 64.7 Å². The lowest BCUT2D eigenvalue weighted by molar-refractivity contribution is -0.118. The fourth-order valence-corrected chi connectivity index (χ4v) is 2.28. The van der Waals surface area contributed by atoms with Gasteiger partial charge in [0, 0.05) is 59.5 Å². The highest BCUT2D eigenvalue weighted by Gasteiger charge is 2.13. The molecule has 7 nitrogen and oxygen atoms in total. The van der Waals surface area contributed by atoms with Crippen LogP contribution in [0.4, 0.5) is 0 Å². The molecule has 0 atom stereocenters. The Morgan fingerprint density at radius 1 is 1.22 bits per heavy atom. The molecule has 1 rings (SSSR count). The first-order valence-corrected chi connectivity index (χ1v) is 8.64. The van der Waals surface area contributed by atoms with Gasteiger partial charge in [0.2, 0.25) is 5.91 Å². The Morgan fingerprint density at radius 3 is 2.65 bits per heavy atom. The zero-order valence-electron chi connectivity index (χ0n) is 14.5. The Labute approximate surface area is 139 Å². The lowest BCUT2D eigenvalue weighted by atomic mass is 10.0. The van der Waals surface area contributed by atoms with Crippen LogP contribution < -0.4 is 16.0 Å². The average molecular weight is 328 g/mol. The van der Waals surface area contributed by atoms with Gasteiger partial charge in [-0.1, -0.05) is 0 Å². The number of ether oxygens (including phenoxy) is 2.